The Balaban J connectivity index is 1.94. The van der Waals surface area contributed by atoms with Gasteiger partial charge >= 0.3 is 0 Å². The summed E-state index contributed by atoms with van der Waals surface area (Å²) >= 11 is 1.25. The highest BCUT2D eigenvalue weighted by Crippen LogP contribution is 2.28. The molecule has 0 saturated heterocycles. The fourth-order valence-electron chi connectivity index (χ4n) is 2.59. The monoisotopic (exact) mass is 343 g/mol. The lowest BCUT2D eigenvalue weighted by molar-refractivity contribution is 0.102. The zero-order chi connectivity index (χ0) is 17.4. The van der Waals surface area contributed by atoms with E-state index < -0.39 is 0 Å². The predicted octanol–water partition coefficient (Wildman–Crippen LogP) is 3.99. The summed E-state index contributed by atoms with van der Waals surface area (Å²) in [6.07, 6.45) is 0. The van der Waals surface area contributed by atoms with Crippen molar-refractivity contribution in [3.8, 4) is 0 Å². The summed E-state index contributed by atoms with van der Waals surface area (Å²) in [7, 11) is 0. The highest BCUT2D eigenvalue weighted by molar-refractivity contribution is 7.18. The van der Waals surface area contributed by atoms with Crippen LogP contribution in [0.1, 0.15) is 66.3 Å². The lowest BCUT2D eigenvalue weighted by Crippen LogP contribution is -2.15. The van der Waals surface area contributed by atoms with E-state index in [0.29, 0.717) is 15.9 Å². The number of aryl methyl sites for hydroxylation is 1. The van der Waals surface area contributed by atoms with Crippen LogP contribution in [0.15, 0.2) is 18.2 Å². The van der Waals surface area contributed by atoms with Crippen molar-refractivity contribution in [2.24, 2.45) is 0 Å². The van der Waals surface area contributed by atoms with E-state index in [0.717, 1.165) is 22.6 Å². The highest BCUT2D eigenvalue weighted by atomic mass is 32.1. The van der Waals surface area contributed by atoms with Gasteiger partial charge in [0.1, 0.15) is 0 Å². The molecular weight excluding hydrogens is 322 g/mol. The molecule has 3 aromatic rings. The maximum absolute atomic E-state index is 12.7. The molecule has 2 heterocycles. The largest absolute Gasteiger partial charge is 0.319 e. The number of anilines is 1. The van der Waals surface area contributed by atoms with Gasteiger partial charge in [-0.1, -0.05) is 57.2 Å². The molecule has 1 aromatic carbocycles. The van der Waals surface area contributed by atoms with E-state index in [9.17, 15) is 4.79 Å². The van der Waals surface area contributed by atoms with Crippen LogP contribution in [-0.2, 0) is 0 Å². The first-order chi connectivity index (χ1) is 11.4. The van der Waals surface area contributed by atoms with Crippen molar-refractivity contribution in [2.45, 2.75) is 46.5 Å². The Bertz CT molecular complexity index is 894. The lowest BCUT2D eigenvalue weighted by atomic mass is 9.98. The van der Waals surface area contributed by atoms with E-state index in [1.807, 2.05) is 39.0 Å². The molecule has 0 spiro atoms. The van der Waals surface area contributed by atoms with Gasteiger partial charge in [0.25, 0.3) is 5.91 Å². The molecule has 0 aliphatic carbocycles. The second-order valence-electron chi connectivity index (χ2n) is 6.46. The molecule has 6 nitrogen and oxygen atoms in total. The van der Waals surface area contributed by atoms with Crippen LogP contribution >= 0.6 is 11.3 Å². The molecule has 7 heteroatoms. The number of nitrogens with one attached hydrogen (secondary N) is 1. The number of fused-ring (bicyclic) bond motifs is 1. The third-order valence-electron chi connectivity index (χ3n) is 3.89. The predicted molar refractivity (Wildman–Crippen MR) is 96.0 cm³/mol. The van der Waals surface area contributed by atoms with Crippen molar-refractivity contribution in [3.63, 3.8) is 0 Å². The van der Waals surface area contributed by atoms with E-state index in [-0.39, 0.29) is 11.8 Å². The summed E-state index contributed by atoms with van der Waals surface area (Å²) in [5, 5.41) is 16.0. The molecule has 1 amide bonds. The van der Waals surface area contributed by atoms with Crippen LogP contribution in [0.3, 0.4) is 0 Å². The molecule has 0 radical (unpaired) electrons. The summed E-state index contributed by atoms with van der Waals surface area (Å²) in [6.45, 7) is 10.3. The molecule has 0 bridgehead atoms. The fraction of sp³-hybridized carbons (Fsp3) is 0.412. The van der Waals surface area contributed by atoms with E-state index in [4.69, 9.17) is 0 Å². The third-order valence-corrected chi connectivity index (χ3v) is 4.79. The van der Waals surface area contributed by atoms with Crippen molar-refractivity contribution in [2.75, 3.05) is 5.32 Å². The van der Waals surface area contributed by atoms with Crippen LogP contribution in [0.2, 0.25) is 0 Å². The van der Waals surface area contributed by atoms with Gasteiger partial charge in [0.2, 0.25) is 9.97 Å². The fourth-order valence-corrected chi connectivity index (χ4v) is 3.33. The van der Waals surface area contributed by atoms with Crippen LogP contribution in [-0.4, -0.2) is 25.7 Å². The number of hydrogen-bond acceptors (Lipinski definition) is 5. The molecule has 1 N–H and O–H groups in total. The number of carbonyl (C=O) groups is 1. The minimum Gasteiger partial charge on any atom is -0.319 e. The van der Waals surface area contributed by atoms with Crippen LogP contribution in [0.5, 0.6) is 0 Å². The maximum atomic E-state index is 12.7. The Morgan fingerprint density at radius 2 is 1.92 bits per heavy atom. The number of rotatable bonds is 4. The van der Waals surface area contributed by atoms with Gasteiger partial charge in [-0.25, -0.2) is 0 Å². The standard InChI is InChI=1S/C17H21N5OS/c1-9(2)12-8-6-7-11(5)13(12)18-15(23)16-21-22-14(10(3)4)19-20-17(22)24-16/h6-10H,1-5H3,(H,18,23). The first-order valence-corrected chi connectivity index (χ1v) is 8.83. The maximum Gasteiger partial charge on any atom is 0.286 e. The first kappa shape index (κ1) is 16.6. The second-order valence-corrected chi connectivity index (χ2v) is 7.42. The number of para-hydroxylation sites is 1. The van der Waals surface area contributed by atoms with Crippen LogP contribution < -0.4 is 5.32 Å². The summed E-state index contributed by atoms with van der Waals surface area (Å²) in [4.78, 5) is 13.3. The van der Waals surface area contributed by atoms with Gasteiger partial charge in [0.05, 0.1) is 0 Å². The van der Waals surface area contributed by atoms with Crippen LogP contribution in [0.4, 0.5) is 5.69 Å². The van der Waals surface area contributed by atoms with Crippen molar-refractivity contribution in [3.05, 3.63) is 40.2 Å². The molecule has 0 unspecified atom stereocenters. The molecule has 0 aliphatic heterocycles. The summed E-state index contributed by atoms with van der Waals surface area (Å²) < 4.78 is 1.66. The Morgan fingerprint density at radius 3 is 2.58 bits per heavy atom. The molecule has 24 heavy (non-hydrogen) atoms. The Morgan fingerprint density at radius 1 is 1.17 bits per heavy atom. The van der Waals surface area contributed by atoms with E-state index in [1.165, 1.54) is 11.3 Å². The van der Waals surface area contributed by atoms with Crippen molar-refractivity contribution in [1.82, 2.24) is 19.8 Å². The Labute approximate surface area is 144 Å². The smallest absolute Gasteiger partial charge is 0.286 e. The van der Waals surface area contributed by atoms with Gasteiger partial charge in [-0.3, -0.25) is 4.79 Å². The summed E-state index contributed by atoms with van der Waals surface area (Å²) in [5.74, 6) is 1.07. The lowest BCUT2D eigenvalue weighted by Gasteiger charge is -2.15. The molecule has 3 rings (SSSR count). The summed E-state index contributed by atoms with van der Waals surface area (Å²) in [6, 6.07) is 6.05. The number of hydrogen-bond donors (Lipinski definition) is 1. The number of nitrogens with zero attached hydrogens (tertiary/aromatic N) is 4. The summed E-state index contributed by atoms with van der Waals surface area (Å²) in [5.41, 5.74) is 3.03. The van der Waals surface area contributed by atoms with Crippen LogP contribution in [0, 0.1) is 6.92 Å². The van der Waals surface area contributed by atoms with Crippen molar-refractivity contribution in [1.29, 1.82) is 0 Å². The Hall–Kier alpha value is -2.28. The molecule has 0 fully saturated rings. The molecule has 0 atom stereocenters. The number of amides is 1. The van der Waals surface area contributed by atoms with E-state index in [2.05, 4.69) is 34.5 Å². The average Bonchev–Trinajstić information content (AvgIpc) is 3.08. The van der Waals surface area contributed by atoms with Gasteiger partial charge in [-0.05, 0) is 24.0 Å². The molecule has 0 aliphatic rings. The molecule has 0 saturated carbocycles. The van der Waals surface area contributed by atoms with Crippen molar-refractivity contribution >= 4 is 27.9 Å². The minimum absolute atomic E-state index is 0.196. The van der Waals surface area contributed by atoms with E-state index >= 15 is 0 Å². The van der Waals surface area contributed by atoms with E-state index in [1.54, 1.807) is 4.52 Å². The minimum atomic E-state index is -0.212. The molecule has 126 valence electrons. The normalized spacial score (nSPS) is 11.6. The van der Waals surface area contributed by atoms with Gasteiger partial charge in [0, 0.05) is 11.6 Å². The molecule has 2 aromatic heterocycles. The molecular formula is C17H21N5OS. The van der Waals surface area contributed by atoms with Gasteiger partial charge < -0.3 is 5.32 Å². The number of benzene rings is 1. The quantitative estimate of drug-likeness (QED) is 0.777. The number of carbonyl (C=O) groups excluding carboxylic acids is 1. The zero-order valence-electron chi connectivity index (χ0n) is 14.5. The number of aromatic nitrogens is 4. The zero-order valence-corrected chi connectivity index (χ0v) is 15.3. The topological polar surface area (TPSA) is 72.2 Å². The SMILES string of the molecule is Cc1cccc(C(C)C)c1NC(=O)c1nn2c(C(C)C)nnc2s1. The van der Waals surface area contributed by atoms with Gasteiger partial charge in [-0.2, -0.15) is 4.52 Å². The van der Waals surface area contributed by atoms with Crippen molar-refractivity contribution < 1.29 is 4.79 Å². The highest BCUT2D eigenvalue weighted by Gasteiger charge is 2.20. The van der Waals surface area contributed by atoms with Crippen LogP contribution in [0.25, 0.3) is 4.96 Å². The average molecular weight is 343 g/mol. The second kappa shape index (κ2) is 6.32. The Kier molecular flexibility index (Phi) is 4.36. The first-order valence-electron chi connectivity index (χ1n) is 8.01. The van der Waals surface area contributed by atoms with Gasteiger partial charge in [0.15, 0.2) is 5.82 Å². The van der Waals surface area contributed by atoms with Gasteiger partial charge in [-0.15, -0.1) is 15.3 Å². The third kappa shape index (κ3) is 2.91.